The summed E-state index contributed by atoms with van der Waals surface area (Å²) in [6.45, 7) is 7.06. The van der Waals surface area contributed by atoms with E-state index in [0.29, 0.717) is 19.8 Å². The molecule has 1 aromatic heterocycles. The summed E-state index contributed by atoms with van der Waals surface area (Å²) in [5.41, 5.74) is 0. The third-order valence-electron chi connectivity index (χ3n) is 3.69. The molecule has 1 aliphatic rings. The number of aromatic nitrogens is 3. The number of hydrogen-bond acceptors (Lipinski definition) is 5. The molecule has 2 unspecified atom stereocenters. The lowest BCUT2D eigenvalue weighted by atomic mass is 10.0. The summed E-state index contributed by atoms with van der Waals surface area (Å²) in [7, 11) is 0. The summed E-state index contributed by atoms with van der Waals surface area (Å²) in [6.07, 6.45) is 2.51. The van der Waals surface area contributed by atoms with Gasteiger partial charge in [-0.1, -0.05) is 6.92 Å². The summed E-state index contributed by atoms with van der Waals surface area (Å²) in [5.74, 6) is -0.373. The Labute approximate surface area is 118 Å². The zero-order chi connectivity index (χ0) is 14.5. The lowest BCUT2D eigenvalue weighted by molar-refractivity contribution is -0.143. The largest absolute Gasteiger partial charge is 0.481 e. The quantitative estimate of drug-likeness (QED) is 0.789. The van der Waals surface area contributed by atoms with Crippen molar-refractivity contribution < 1.29 is 14.6 Å². The van der Waals surface area contributed by atoms with Crippen LogP contribution >= 0.6 is 0 Å². The molecule has 112 valence electrons. The van der Waals surface area contributed by atoms with Gasteiger partial charge in [-0.2, -0.15) is 5.10 Å². The van der Waals surface area contributed by atoms with E-state index in [1.54, 1.807) is 6.33 Å². The van der Waals surface area contributed by atoms with Gasteiger partial charge in [0.15, 0.2) is 0 Å². The molecule has 1 saturated heterocycles. The Morgan fingerprint density at radius 2 is 2.35 bits per heavy atom. The standard InChI is InChI=1S/C13H22N4O3/c1-3-5-16(6-12-14-9-15-17(12)4-2)11-8-20-7-10(11)13(18)19/h9-11H,3-8H2,1-2H3,(H,18,19). The van der Waals surface area contributed by atoms with Crippen molar-refractivity contribution >= 4 is 5.97 Å². The maximum absolute atomic E-state index is 11.3. The van der Waals surface area contributed by atoms with Gasteiger partial charge >= 0.3 is 5.97 Å². The molecule has 1 N–H and O–H groups in total. The smallest absolute Gasteiger partial charge is 0.310 e. The normalized spacial score (nSPS) is 22.6. The highest BCUT2D eigenvalue weighted by Gasteiger charge is 2.38. The van der Waals surface area contributed by atoms with Crippen molar-refractivity contribution in [3.63, 3.8) is 0 Å². The monoisotopic (exact) mass is 282 g/mol. The van der Waals surface area contributed by atoms with Crippen LogP contribution in [0.5, 0.6) is 0 Å². The van der Waals surface area contributed by atoms with Crippen molar-refractivity contribution in [3.05, 3.63) is 12.2 Å². The summed E-state index contributed by atoms with van der Waals surface area (Å²) in [4.78, 5) is 17.7. The Balaban J connectivity index is 2.12. The van der Waals surface area contributed by atoms with Crippen LogP contribution in [0.3, 0.4) is 0 Å². The molecule has 2 heterocycles. The van der Waals surface area contributed by atoms with E-state index in [-0.39, 0.29) is 6.04 Å². The molecule has 2 atom stereocenters. The van der Waals surface area contributed by atoms with Crippen LogP contribution in [0, 0.1) is 5.92 Å². The molecule has 7 heteroatoms. The highest BCUT2D eigenvalue weighted by Crippen LogP contribution is 2.22. The van der Waals surface area contributed by atoms with Gasteiger partial charge in [-0.05, 0) is 19.9 Å². The minimum atomic E-state index is -0.787. The van der Waals surface area contributed by atoms with Gasteiger partial charge in [-0.3, -0.25) is 9.69 Å². The molecule has 1 aliphatic heterocycles. The summed E-state index contributed by atoms with van der Waals surface area (Å²) in [6, 6.07) is -0.0885. The average molecular weight is 282 g/mol. The van der Waals surface area contributed by atoms with Crippen molar-refractivity contribution in [2.45, 2.75) is 39.4 Å². The summed E-state index contributed by atoms with van der Waals surface area (Å²) < 4.78 is 7.21. The molecule has 0 amide bonds. The lowest BCUT2D eigenvalue weighted by Crippen LogP contribution is -2.43. The predicted molar refractivity (Wildman–Crippen MR) is 72.1 cm³/mol. The maximum atomic E-state index is 11.3. The van der Waals surface area contributed by atoms with Crippen molar-refractivity contribution in [3.8, 4) is 0 Å². The van der Waals surface area contributed by atoms with Gasteiger partial charge in [0.1, 0.15) is 12.2 Å². The topological polar surface area (TPSA) is 80.5 Å². The van der Waals surface area contributed by atoms with E-state index in [1.807, 2.05) is 11.6 Å². The minimum Gasteiger partial charge on any atom is -0.481 e. The number of carbonyl (C=O) groups is 1. The van der Waals surface area contributed by atoms with Crippen LogP contribution in [0.4, 0.5) is 0 Å². The van der Waals surface area contributed by atoms with E-state index in [4.69, 9.17) is 4.74 Å². The van der Waals surface area contributed by atoms with Crippen LogP contribution in [-0.2, 0) is 22.6 Å². The van der Waals surface area contributed by atoms with E-state index < -0.39 is 11.9 Å². The molecule has 0 aromatic carbocycles. The van der Waals surface area contributed by atoms with E-state index in [2.05, 4.69) is 21.9 Å². The van der Waals surface area contributed by atoms with E-state index in [1.165, 1.54) is 0 Å². The first kappa shape index (κ1) is 14.9. The SMILES string of the molecule is CCCN(Cc1ncnn1CC)C1COCC1C(=O)O. The molecule has 0 radical (unpaired) electrons. The van der Waals surface area contributed by atoms with Gasteiger partial charge in [0.25, 0.3) is 0 Å². The Morgan fingerprint density at radius 1 is 1.55 bits per heavy atom. The van der Waals surface area contributed by atoms with Gasteiger partial charge in [-0.15, -0.1) is 0 Å². The van der Waals surface area contributed by atoms with Crippen LogP contribution in [0.15, 0.2) is 6.33 Å². The highest BCUT2D eigenvalue weighted by atomic mass is 16.5. The van der Waals surface area contributed by atoms with Gasteiger partial charge in [-0.25, -0.2) is 9.67 Å². The van der Waals surface area contributed by atoms with Crippen molar-refractivity contribution in [2.24, 2.45) is 5.92 Å². The van der Waals surface area contributed by atoms with Crippen LogP contribution in [0.25, 0.3) is 0 Å². The number of ether oxygens (including phenoxy) is 1. The van der Waals surface area contributed by atoms with Crippen molar-refractivity contribution in [1.29, 1.82) is 0 Å². The number of hydrogen-bond donors (Lipinski definition) is 1. The zero-order valence-corrected chi connectivity index (χ0v) is 12.0. The first-order valence-electron chi connectivity index (χ1n) is 7.08. The molecule has 1 aromatic rings. The summed E-state index contributed by atoms with van der Waals surface area (Å²) >= 11 is 0. The van der Waals surface area contributed by atoms with Crippen LogP contribution < -0.4 is 0 Å². The second-order valence-corrected chi connectivity index (χ2v) is 5.01. The van der Waals surface area contributed by atoms with E-state index >= 15 is 0 Å². The third-order valence-corrected chi connectivity index (χ3v) is 3.69. The molecule has 0 spiro atoms. The number of aliphatic carboxylic acids is 1. The first-order valence-corrected chi connectivity index (χ1v) is 7.08. The predicted octanol–water partition coefficient (Wildman–Crippen LogP) is 0.610. The molecule has 7 nitrogen and oxygen atoms in total. The molecule has 20 heavy (non-hydrogen) atoms. The maximum Gasteiger partial charge on any atom is 0.310 e. The highest BCUT2D eigenvalue weighted by molar-refractivity contribution is 5.71. The molecule has 0 bridgehead atoms. The van der Waals surface area contributed by atoms with Crippen molar-refractivity contribution in [1.82, 2.24) is 19.7 Å². The Morgan fingerprint density at radius 3 is 3.00 bits per heavy atom. The second-order valence-electron chi connectivity index (χ2n) is 5.01. The fourth-order valence-electron chi connectivity index (χ4n) is 2.64. The van der Waals surface area contributed by atoms with Crippen LogP contribution in [-0.4, -0.2) is 56.5 Å². The molecular formula is C13H22N4O3. The molecule has 0 saturated carbocycles. The lowest BCUT2D eigenvalue weighted by Gasteiger charge is -2.29. The molecular weight excluding hydrogens is 260 g/mol. The van der Waals surface area contributed by atoms with Gasteiger partial charge in [0, 0.05) is 12.6 Å². The third kappa shape index (κ3) is 3.16. The van der Waals surface area contributed by atoms with Crippen LogP contribution in [0.1, 0.15) is 26.1 Å². The fourth-order valence-corrected chi connectivity index (χ4v) is 2.64. The minimum absolute atomic E-state index is 0.0885. The van der Waals surface area contributed by atoms with Gasteiger partial charge < -0.3 is 9.84 Å². The number of aryl methyl sites for hydroxylation is 1. The first-order chi connectivity index (χ1) is 9.67. The second kappa shape index (κ2) is 6.81. The number of carboxylic acid groups (broad SMARTS) is 1. The molecule has 1 fully saturated rings. The zero-order valence-electron chi connectivity index (χ0n) is 12.0. The van der Waals surface area contributed by atoms with E-state index in [9.17, 15) is 9.90 Å². The Kier molecular flexibility index (Phi) is 5.08. The van der Waals surface area contributed by atoms with Crippen LogP contribution in [0.2, 0.25) is 0 Å². The summed E-state index contributed by atoms with van der Waals surface area (Å²) in [5, 5.41) is 13.4. The fraction of sp³-hybridized carbons (Fsp3) is 0.769. The number of rotatable bonds is 7. The van der Waals surface area contributed by atoms with Gasteiger partial charge in [0.05, 0.1) is 25.7 Å². The molecule has 2 rings (SSSR count). The number of carboxylic acids is 1. The Hall–Kier alpha value is -1.47. The molecule has 0 aliphatic carbocycles. The average Bonchev–Trinajstić information content (AvgIpc) is 3.06. The number of nitrogens with zero attached hydrogens (tertiary/aromatic N) is 4. The van der Waals surface area contributed by atoms with Crippen molar-refractivity contribution in [2.75, 3.05) is 19.8 Å². The Bertz CT molecular complexity index is 449. The van der Waals surface area contributed by atoms with Gasteiger partial charge in [0.2, 0.25) is 0 Å². The van der Waals surface area contributed by atoms with E-state index in [0.717, 1.165) is 25.3 Å².